The van der Waals surface area contributed by atoms with E-state index in [0.29, 0.717) is 13.0 Å². The quantitative estimate of drug-likeness (QED) is 0.0146. The summed E-state index contributed by atoms with van der Waals surface area (Å²) >= 11 is 0. The molecule has 0 saturated heterocycles. The van der Waals surface area contributed by atoms with Crippen LogP contribution in [0, 0.1) is 0 Å². The minimum absolute atomic E-state index is 0.0805. The topological polar surface area (TPSA) is 192 Å². The van der Waals surface area contributed by atoms with E-state index in [4.69, 9.17) is 18.5 Å². The molecule has 12 nitrogen and oxygen atoms in total. The van der Waals surface area contributed by atoms with Crippen molar-refractivity contribution in [2.24, 2.45) is 0 Å². The molecule has 1 saturated carbocycles. The van der Waals surface area contributed by atoms with Crippen LogP contribution >= 0.6 is 7.82 Å². The highest BCUT2D eigenvalue weighted by Crippen LogP contribution is 2.47. The van der Waals surface area contributed by atoms with Crippen molar-refractivity contribution in [1.29, 1.82) is 0 Å². The number of aliphatic hydroxyl groups excluding tert-OH is 5. The number of hydrogen-bond acceptors (Lipinski definition) is 11. The first-order valence-corrected chi connectivity index (χ1v) is 29.8. The molecule has 13 heteroatoms. The molecule has 0 spiro atoms. The third-order valence-electron chi connectivity index (χ3n) is 13.3. The standard InChI is InChI=1S/C56H105O12P/c1-3-5-7-9-11-13-15-17-19-21-23-25-26-28-30-32-34-36-38-40-42-44-46-65-47-49(48-66-69(63,64)68-56-54(61)52(59)51(58)53(60)55(56)62)67-50(57)45-43-41-39-37-35-33-31-29-27-24-22-20-18-16-14-12-10-8-6-4-2/h15,17,21,23,26,28,49,51-56,58-62H,3-14,16,18-20,22,24-25,27,29-48H2,1-2H3,(H,63,64)/b17-15-,23-21-,28-26-. The van der Waals surface area contributed by atoms with Crippen LogP contribution < -0.4 is 0 Å². The molecule has 6 unspecified atom stereocenters. The lowest BCUT2D eigenvalue weighted by atomic mass is 9.85. The Balaban J connectivity index is 2.30. The lowest BCUT2D eigenvalue weighted by Crippen LogP contribution is -2.64. The number of esters is 1. The maximum atomic E-state index is 12.9. The molecule has 0 radical (unpaired) electrons. The maximum Gasteiger partial charge on any atom is 0.472 e. The largest absolute Gasteiger partial charge is 0.472 e. The highest BCUT2D eigenvalue weighted by Gasteiger charge is 2.51. The van der Waals surface area contributed by atoms with Gasteiger partial charge in [0.25, 0.3) is 0 Å². The highest BCUT2D eigenvalue weighted by molar-refractivity contribution is 7.47. The van der Waals surface area contributed by atoms with Crippen LogP contribution in [0.25, 0.3) is 0 Å². The lowest BCUT2D eigenvalue weighted by Gasteiger charge is -2.41. The Kier molecular flexibility index (Phi) is 44.1. The van der Waals surface area contributed by atoms with E-state index in [2.05, 4.69) is 50.3 Å². The predicted octanol–water partition coefficient (Wildman–Crippen LogP) is 13.4. The molecule has 1 fully saturated rings. The van der Waals surface area contributed by atoms with Crippen LogP contribution in [0.4, 0.5) is 0 Å². The Labute approximate surface area is 421 Å². The number of unbranched alkanes of at least 4 members (excludes halogenated alkanes) is 31. The van der Waals surface area contributed by atoms with Gasteiger partial charge in [0.2, 0.25) is 0 Å². The highest BCUT2D eigenvalue weighted by atomic mass is 31.2. The first-order valence-electron chi connectivity index (χ1n) is 28.3. The van der Waals surface area contributed by atoms with Gasteiger partial charge in [-0.05, 0) is 51.4 Å². The van der Waals surface area contributed by atoms with Gasteiger partial charge in [-0.1, -0.05) is 230 Å². The van der Waals surface area contributed by atoms with Crippen LogP contribution in [0.3, 0.4) is 0 Å². The number of rotatable bonds is 49. The van der Waals surface area contributed by atoms with E-state index < -0.39 is 63.1 Å². The molecule has 1 aliphatic rings. The molecule has 0 aromatic carbocycles. The van der Waals surface area contributed by atoms with Gasteiger partial charge in [0.1, 0.15) is 42.7 Å². The molecule has 69 heavy (non-hydrogen) atoms. The van der Waals surface area contributed by atoms with E-state index in [1.807, 2.05) is 0 Å². The van der Waals surface area contributed by atoms with E-state index in [0.717, 1.165) is 64.2 Å². The Morgan fingerprint density at radius 2 is 0.812 bits per heavy atom. The maximum absolute atomic E-state index is 12.9. The molecule has 0 heterocycles. The minimum Gasteiger partial charge on any atom is -0.457 e. The van der Waals surface area contributed by atoms with Crippen molar-refractivity contribution in [3.8, 4) is 0 Å². The minimum atomic E-state index is -5.03. The van der Waals surface area contributed by atoms with Gasteiger partial charge < -0.3 is 39.9 Å². The number of phosphoric acid groups is 1. The second kappa shape index (κ2) is 46.4. The number of hydrogen-bond donors (Lipinski definition) is 6. The summed E-state index contributed by atoms with van der Waals surface area (Å²) in [6, 6.07) is 0. The van der Waals surface area contributed by atoms with Gasteiger partial charge in [-0.3, -0.25) is 13.8 Å². The normalized spacial score (nSPS) is 21.2. The first-order chi connectivity index (χ1) is 33.5. The van der Waals surface area contributed by atoms with Gasteiger partial charge in [-0.2, -0.15) is 0 Å². The van der Waals surface area contributed by atoms with Crippen molar-refractivity contribution in [3.63, 3.8) is 0 Å². The van der Waals surface area contributed by atoms with Gasteiger partial charge in [0.15, 0.2) is 0 Å². The average Bonchev–Trinajstić information content (AvgIpc) is 3.34. The molecule has 0 aromatic rings. The molecule has 6 N–H and O–H groups in total. The van der Waals surface area contributed by atoms with Crippen molar-refractivity contribution < 1.29 is 58.3 Å². The van der Waals surface area contributed by atoms with Crippen LogP contribution in [-0.4, -0.2) is 98.9 Å². The fraction of sp³-hybridized carbons (Fsp3) is 0.875. The fourth-order valence-corrected chi connectivity index (χ4v) is 9.75. The van der Waals surface area contributed by atoms with Gasteiger partial charge >= 0.3 is 13.8 Å². The summed E-state index contributed by atoms with van der Waals surface area (Å²) in [6.45, 7) is 4.28. The number of carbonyl (C=O) groups is 1. The summed E-state index contributed by atoms with van der Waals surface area (Å²) in [7, 11) is -5.03. The number of aliphatic hydroxyl groups is 5. The summed E-state index contributed by atoms with van der Waals surface area (Å²) in [6.07, 6.45) is 44.9. The van der Waals surface area contributed by atoms with Crippen molar-refractivity contribution in [2.75, 3.05) is 19.8 Å². The molecular formula is C56H105O12P. The van der Waals surface area contributed by atoms with E-state index in [1.165, 1.54) is 161 Å². The molecule has 1 rings (SSSR count). The summed E-state index contributed by atoms with van der Waals surface area (Å²) in [5.41, 5.74) is 0. The second-order valence-corrected chi connectivity index (χ2v) is 21.2. The molecule has 406 valence electrons. The third-order valence-corrected chi connectivity index (χ3v) is 14.3. The molecule has 0 aliphatic heterocycles. The SMILES string of the molecule is CCCCCCC/C=C\C/C=C\C/C=C\CCCCCCCCCOCC(COP(=O)(O)OC1C(O)C(O)C(O)C(O)C1O)OC(=O)CCCCCCCCCCCCCCCCCCCCCC. The van der Waals surface area contributed by atoms with E-state index in [-0.39, 0.29) is 13.0 Å². The number of carbonyl (C=O) groups excluding carboxylic acids is 1. The predicted molar refractivity (Wildman–Crippen MR) is 281 cm³/mol. The molecular weight excluding hydrogens is 896 g/mol. The molecule has 0 aromatic heterocycles. The zero-order chi connectivity index (χ0) is 50.5. The Morgan fingerprint density at radius 1 is 0.464 bits per heavy atom. The van der Waals surface area contributed by atoms with Crippen LogP contribution in [0.1, 0.15) is 251 Å². The summed E-state index contributed by atoms with van der Waals surface area (Å²) in [5.74, 6) is -0.476. The van der Waals surface area contributed by atoms with E-state index in [1.54, 1.807) is 0 Å². The monoisotopic (exact) mass is 1000 g/mol. The molecule has 1 aliphatic carbocycles. The van der Waals surface area contributed by atoms with Crippen LogP contribution in [-0.2, 0) is 27.9 Å². The fourth-order valence-electron chi connectivity index (χ4n) is 8.78. The second-order valence-electron chi connectivity index (χ2n) is 19.8. The average molecular weight is 1000 g/mol. The van der Waals surface area contributed by atoms with E-state index in [9.17, 15) is 39.8 Å². The summed E-state index contributed by atoms with van der Waals surface area (Å²) < 4.78 is 34.4. The Morgan fingerprint density at radius 3 is 1.23 bits per heavy atom. The van der Waals surface area contributed by atoms with Gasteiger partial charge in [-0.25, -0.2) is 4.57 Å². The molecule has 6 atom stereocenters. The summed E-state index contributed by atoms with van der Waals surface area (Å²) in [5, 5.41) is 50.4. The van der Waals surface area contributed by atoms with Gasteiger partial charge in [-0.15, -0.1) is 0 Å². The van der Waals surface area contributed by atoms with Crippen molar-refractivity contribution >= 4 is 13.8 Å². The zero-order valence-corrected chi connectivity index (χ0v) is 44.8. The number of ether oxygens (including phenoxy) is 2. The van der Waals surface area contributed by atoms with Gasteiger partial charge in [0, 0.05) is 13.0 Å². The Bertz CT molecular complexity index is 1280. The lowest BCUT2D eigenvalue weighted by molar-refractivity contribution is -0.220. The third kappa shape index (κ3) is 37.9. The van der Waals surface area contributed by atoms with Crippen LogP contribution in [0.2, 0.25) is 0 Å². The van der Waals surface area contributed by atoms with Crippen LogP contribution in [0.5, 0.6) is 0 Å². The zero-order valence-electron chi connectivity index (χ0n) is 43.9. The Hall–Kier alpha value is -1.44. The molecule has 0 bridgehead atoms. The smallest absolute Gasteiger partial charge is 0.457 e. The van der Waals surface area contributed by atoms with Crippen molar-refractivity contribution in [3.05, 3.63) is 36.5 Å². The number of phosphoric ester groups is 1. The molecule has 0 amide bonds. The number of allylic oxidation sites excluding steroid dienone is 6. The van der Waals surface area contributed by atoms with Crippen LogP contribution in [0.15, 0.2) is 36.5 Å². The van der Waals surface area contributed by atoms with E-state index >= 15 is 0 Å². The first kappa shape index (κ1) is 65.6. The summed E-state index contributed by atoms with van der Waals surface area (Å²) in [4.78, 5) is 23.3. The van der Waals surface area contributed by atoms with Crippen molar-refractivity contribution in [1.82, 2.24) is 0 Å². The van der Waals surface area contributed by atoms with Crippen molar-refractivity contribution in [2.45, 2.75) is 294 Å². The van der Waals surface area contributed by atoms with Gasteiger partial charge in [0.05, 0.1) is 13.2 Å².